The fourth-order valence-corrected chi connectivity index (χ4v) is 1.75. The highest BCUT2D eigenvalue weighted by molar-refractivity contribution is 5.78. The lowest BCUT2D eigenvalue weighted by Crippen LogP contribution is -2.40. The molecule has 0 fully saturated rings. The molecule has 0 aliphatic carbocycles. The van der Waals surface area contributed by atoms with E-state index in [0.717, 1.165) is 13.0 Å². The molecule has 1 aromatic heterocycles. The van der Waals surface area contributed by atoms with E-state index in [4.69, 9.17) is 0 Å². The predicted molar refractivity (Wildman–Crippen MR) is 69.6 cm³/mol. The molecule has 0 spiro atoms. The molecule has 0 aliphatic rings. The SMILES string of the molecule is CC(C)C(=O)N(CCc1cccnc1)C(C)C. The van der Waals surface area contributed by atoms with Crippen molar-refractivity contribution >= 4 is 5.91 Å². The molecule has 0 bridgehead atoms. The normalized spacial score (nSPS) is 10.9. The Bertz CT molecular complexity index is 346. The number of pyridine rings is 1. The van der Waals surface area contributed by atoms with Crippen molar-refractivity contribution in [2.45, 2.75) is 40.2 Å². The smallest absolute Gasteiger partial charge is 0.225 e. The van der Waals surface area contributed by atoms with Crippen molar-refractivity contribution < 1.29 is 4.79 Å². The zero-order valence-corrected chi connectivity index (χ0v) is 11.2. The zero-order valence-electron chi connectivity index (χ0n) is 11.2. The summed E-state index contributed by atoms with van der Waals surface area (Å²) in [7, 11) is 0. The van der Waals surface area contributed by atoms with Crippen LogP contribution in [0.2, 0.25) is 0 Å². The Hall–Kier alpha value is -1.38. The quantitative estimate of drug-likeness (QED) is 0.784. The van der Waals surface area contributed by atoms with Crippen molar-refractivity contribution in [1.82, 2.24) is 9.88 Å². The topological polar surface area (TPSA) is 33.2 Å². The first-order valence-electron chi connectivity index (χ1n) is 6.21. The molecule has 94 valence electrons. The molecule has 1 amide bonds. The molecule has 17 heavy (non-hydrogen) atoms. The van der Waals surface area contributed by atoms with Crippen LogP contribution in [0.4, 0.5) is 0 Å². The van der Waals surface area contributed by atoms with E-state index in [2.05, 4.69) is 18.8 Å². The van der Waals surface area contributed by atoms with Crippen molar-refractivity contribution in [2.24, 2.45) is 5.92 Å². The van der Waals surface area contributed by atoms with Gasteiger partial charge in [0.05, 0.1) is 0 Å². The van der Waals surface area contributed by atoms with Gasteiger partial charge in [-0.15, -0.1) is 0 Å². The van der Waals surface area contributed by atoms with Crippen molar-refractivity contribution in [3.8, 4) is 0 Å². The Morgan fingerprint density at radius 1 is 1.35 bits per heavy atom. The number of rotatable bonds is 5. The molecule has 0 saturated carbocycles. The van der Waals surface area contributed by atoms with Gasteiger partial charge in [-0.05, 0) is 31.9 Å². The van der Waals surface area contributed by atoms with Crippen molar-refractivity contribution in [3.05, 3.63) is 30.1 Å². The molecule has 0 aromatic carbocycles. The average Bonchev–Trinajstić information content (AvgIpc) is 2.29. The van der Waals surface area contributed by atoms with E-state index in [0.29, 0.717) is 0 Å². The van der Waals surface area contributed by atoms with E-state index in [1.54, 1.807) is 6.20 Å². The van der Waals surface area contributed by atoms with Gasteiger partial charge < -0.3 is 4.90 Å². The molecule has 3 nitrogen and oxygen atoms in total. The molecule has 0 atom stereocenters. The molecular formula is C14H22N2O. The number of carbonyl (C=O) groups is 1. The van der Waals surface area contributed by atoms with Gasteiger partial charge in [0.1, 0.15) is 0 Å². The molecule has 0 aliphatic heterocycles. The molecule has 1 aromatic rings. The summed E-state index contributed by atoms with van der Waals surface area (Å²) in [4.78, 5) is 18.0. The van der Waals surface area contributed by atoms with Crippen LogP contribution in [0, 0.1) is 5.92 Å². The molecule has 0 radical (unpaired) electrons. The first-order valence-corrected chi connectivity index (χ1v) is 6.21. The lowest BCUT2D eigenvalue weighted by Gasteiger charge is -2.28. The van der Waals surface area contributed by atoms with E-state index < -0.39 is 0 Å². The molecule has 1 heterocycles. The first kappa shape index (κ1) is 13.7. The third-order valence-corrected chi connectivity index (χ3v) is 2.76. The summed E-state index contributed by atoms with van der Waals surface area (Å²) in [5.74, 6) is 0.287. The maximum atomic E-state index is 12.0. The maximum Gasteiger partial charge on any atom is 0.225 e. The van der Waals surface area contributed by atoms with Gasteiger partial charge in [0.25, 0.3) is 0 Å². The Kier molecular flexibility index (Phi) is 5.13. The summed E-state index contributed by atoms with van der Waals surface area (Å²) >= 11 is 0. The summed E-state index contributed by atoms with van der Waals surface area (Å²) in [5, 5.41) is 0. The van der Waals surface area contributed by atoms with Gasteiger partial charge in [-0.2, -0.15) is 0 Å². The average molecular weight is 234 g/mol. The van der Waals surface area contributed by atoms with Crippen LogP contribution in [0.1, 0.15) is 33.3 Å². The van der Waals surface area contributed by atoms with Crippen LogP contribution in [-0.4, -0.2) is 28.4 Å². The number of hydrogen-bond donors (Lipinski definition) is 0. The molecule has 3 heteroatoms. The fraction of sp³-hybridized carbons (Fsp3) is 0.571. The standard InChI is InChI=1S/C14H22N2O/c1-11(2)14(17)16(12(3)4)9-7-13-6-5-8-15-10-13/h5-6,8,10-12H,7,9H2,1-4H3. The Morgan fingerprint density at radius 3 is 2.53 bits per heavy atom. The van der Waals surface area contributed by atoms with E-state index in [1.807, 2.05) is 37.1 Å². The summed E-state index contributed by atoms with van der Waals surface area (Å²) in [6, 6.07) is 4.23. The Morgan fingerprint density at radius 2 is 2.06 bits per heavy atom. The molecule has 0 N–H and O–H groups in total. The van der Waals surface area contributed by atoms with Gasteiger partial charge in [-0.25, -0.2) is 0 Å². The van der Waals surface area contributed by atoms with Gasteiger partial charge in [0.2, 0.25) is 5.91 Å². The largest absolute Gasteiger partial charge is 0.340 e. The summed E-state index contributed by atoms with van der Waals surface area (Å²) < 4.78 is 0. The highest BCUT2D eigenvalue weighted by Gasteiger charge is 2.19. The first-order chi connectivity index (χ1) is 8.02. The molecular weight excluding hydrogens is 212 g/mol. The van der Waals surface area contributed by atoms with E-state index in [-0.39, 0.29) is 17.9 Å². The lowest BCUT2D eigenvalue weighted by atomic mass is 10.1. The maximum absolute atomic E-state index is 12.0. The van der Waals surface area contributed by atoms with Crippen LogP contribution >= 0.6 is 0 Å². The van der Waals surface area contributed by atoms with E-state index >= 15 is 0 Å². The van der Waals surface area contributed by atoms with Crippen molar-refractivity contribution in [1.29, 1.82) is 0 Å². The van der Waals surface area contributed by atoms with Crippen molar-refractivity contribution in [3.63, 3.8) is 0 Å². The minimum atomic E-state index is 0.0614. The molecule has 0 saturated heterocycles. The van der Waals surface area contributed by atoms with Gasteiger partial charge in [0.15, 0.2) is 0 Å². The predicted octanol–water partition coefficient (Wildman–Crippen LogP) is 2.52. The Balaban J connectivity index is 2.60. The van der Waals surface area contributed by atoms with Crippen LogP contribution < -0.4 is 0 Å². The summed E-state index contributed by atoms with van der Waals surface area (Å²) in [5.41, 5.74) is 1.18. The second-order valence-electron chi connectivity index (χ2n) is 4.89. The van der Waals surface area contributed by atoms with E-state index in [9.17, 15) is 4.79 Å². The molecule has 1 rings (SSSR count). The third-order valence-electron chi connectivity index (χ3n) is 2.76. The van der Waals surface area contributed by atoms with Crippen molar-refractivity contribution in [2.75, 3.05) is 6.54 Å². The minimum absolute atomic E-state index is 0.0614. The second-order valence-corrected chi connectivity index (χ2v) is 4.89. The van der Waals surface area contributed by atoms with Crippen LogP contribution in [-0.2, 0) is 11.2 Å². The highest BCUT2D eigenvalue weighted by atomic mass is 16.2. The van der Waals surface area contributed by atoms with Gasteiger partial charge in [-0.1, -0.05) is 19.9 Å². The summed E-state index contributed by atoms with van der Waals surface area (Å²) in [6.07, 6.45) is 4.49. The minimum Gasteiger partial charge on any atom is -0.340 e. The molecule has 0 unspecified atom stereocenters. The third kappa shape index (κ3) is 4.17. The summed E-state index contributed by atoms with van der Waals surface area (Å²) in [6.45, 7) is 8.77. The van der Waals surface area contributed by atoms with Crippen LogP contribution in [0.15, 0.2) is 24.5 Å². The number of carbonyl (C=O) groups excluding carboxylic acids is 1. The van der Waals surface area contributed by atoms with E-state index in [1.165, 1.54) is 5.56 Å². The second kappa shape index (κ2) is 6.38. The lowest BCUT2D eigenvalue weighted by molar-refractivity contribution is -0.136. The number of amides is 1. The number of hydrogen-bond acceptors (Lipinski definition) is 2. The number of aromatic nitrogens is 1. The highest BCUT2D eigenvalue weighted by Crippen LogP contribution is 2.08. The van der Waals surface area contributed by atoms with Crippen LogP contribution in [0.3, 0.4) is 0 Å². The van der Waals surface area contributed by atoms with Crippen LogP contribution in [0.25, 0.3) is 0 Å². The van der Waals surface area contributed by atoms with Gasteiger partial charge >= 0.3 is 0 Å². The monoisotopic (exact) mass is 234 g/mol. The fourth-order valence-electron chi connectivity index (χ4n) is 1.75. The van der Waals surface area contributed by atoms with Gasteiger partial charge in [0, 0.05) is 30.9 Å². The zero-order chi connectivity index (χ0) is 12.8. The van der Waals surface area contributed by atoms with Crippen LogP contribution in [0.5, 0.6) is 0 Å². The Labute approximate surface area is 104 Å². The van der Waals surface area contributed by atoms with Gasteiger partial charge in [-0.3, -0.25) is 9.78 Å². The number of nitrogens with zero attached hydrogens (tertiary/aromatic N) is 2.